The normalized spacial score (nSPS) is 18.7. The van der Waals surface area contributed by atoms with Crippen LogP contribution in [-0.4, -0.2) is 66.2 Å². The highest BCUT2D eigenvalue weighted by atomic mass is 79.9. The number of rotatable bonds is 6. The minimum atomic E-state index is -0.0918. The molecule has 0 aromatic heterocycles. The van der Waals surface area contributed by atoms with E-state index in [1.807, 2.05) is 37.3 Å². The molecule has 2 heterocycles. The lowest BCUT2D eigenvalue weighted by atomic mass is 10.2. The van der Waals surface area contributed by atoms with Crippen LogP contribution in [0.25, 0.3) is 6.08 Å². The minimum Gasteiger partial charge on any atom is -0.484 e. The van der Waals surface area contributed by atoms with Crippen molar-refractivity contribution in [3.63, 3.8) is 0 Å². The molecular weight excluding hydrogens is 542 g/mol. The molecule has 2 aliphatic rings. The fraction of sp³-hybridized carbons (Fsp3) is 0.292. The zero-order chi connectivity index (χ0) is 24.1. The van der Waals surface area contributed by atoms with E-state index in [0.717, 1.165) is 10.0 Å². The molecule has 4 rings (SSSR count). The maximum absolute atomic E-state index is 12.9. The largest absolute Gasteiger partial charge is 0.484 e. The molecule has 2 amide bonds. The predicted molar refractivity (Wildman–Crippen MR) is 139 cm³/mol. The number of aliphatic imine (C=N–C) groups is 1. The molecule has 0 aliphatic carbocycles. The Morgan fingerprint density at radius 1 is 1.24 bits per heavy atom. The summed E-state index contributed by atoms with van der Waals surface area (Å²) < 4.78 is 11.7. The number of carbonyl (C=O) groups excluding carboxylic acids is 2. The Morgan fingerprint density at radius 2 is 1.97 bits per heavy atom. The molecule has 10 heteroatoms. The molecule has 34 heavy (non-hydrogen) atoms. The molecule has 178 valence electrons. The number of thioether (sulfide) groups is 1. The van der Waals surface area contributed by atoms with E-state index < -0.39 is 0 Å². The van der Waals surface area contributed by atoms with Crippen molar-refractivity contribution < 1.29 is 19.1 Å². The number of benzene rings is 2. The topological polar surface area (TPSA) is 71.4 Å². The summed E-state index contributed by atoms with van der Waals surface area (Å²) in [7, 11) is 0. The summed E-state index contributed by atoms with van der Waals surface area (Å²) in [6.45, 7) is 4.71. The minimum absolute atomic E-state index is 0.0138. The molecule has 2 aromatic carbocycles. The van der Waals surface area contributed by atoms with E-state index in [2.05, 4.69) is 20.9 Å². The van der Waals surface area contributed by atoms with Gasteiger partial charge in [-0.3, -0.25) is 14.5 Å². The van der Waals surface area contributed by atoms with Crippen molar-refractivity contribution in [1.29, 1.82) is 0 Å². The average Bonchev–Trinajstić information content (AvgIpc) is 3.14. The summed E-state index contributed by atoms with van der Waals surface area (Å²) in [6.07, 6.45) is 1.83. The number of nitrogens with zero attached hydrogens (tertiary/aromatic N) is 3. The van der Waals surface area contributed by atoms with Crippen molar-refractivity contribution in [2.75, 3.05) is 39.5 Å². The van der Waals surface area contributed by atoms with Crippen LogP contribution in [0.15, 0.2) is 56.8 Å². The van der Waals surface area contributed by atoms with Gasteiger partial charge in [0.15, 0.2) is 11.8 Å². The Bertz CT molecular complexity index is 1130. The second-order valence-electron chi connectivity index (χ2n) is 7.50. The summed E-state index contributed by atoms with van der Waals surface area (Å²) in [5.74, 6) is 0.450. The van der Waals surface area contributed by atoms with Gasteiger partial charge >= 0.3 is 0 Å². The lowest BCUT2D eigenvalue weighted by Crippen LogP contribution is -2.42. The third kappa shape index (κ3) is 6.02. The molecule has 0 unspecified atom stereocenters. The van der Waals surface area contributed by atoms with Gasteiger partial charge in [0.2, 0.25) is 0 Å². The van der Waals surface area contributed by atoms with E-state index >= 15 is 0 Å². The molecule has 0 N–H and O–H groups in total. The zero-order valence-corrected chi connectivity index (χ0v) is 21.7. The maximum Gasteiger partial charge on any atom is 0.266 e. The van der Waals surface area contributed by atoms with Crippen LogP contribution in [0, 0.1) is 0 Å². The quantitative estimate of drug-likeness (QED) is 0.464. The van der Waals surface area contributed by atoms with Crippen LogP contribution in [-0.2, 0) is 14.3 Å². The van der Waals surface area contributed by atoms with Crippen LogP contribution in [0.4, 0.5) is 5.69 Å². The highest BCUT2D eigenvalue weighted by Crippen LogP contribution is 2.35. The summed E-state index contributed by atoms with van der Waals surface area (Å²) in [4.78, 5) is 33.7. The molecule has 2 aromatic rings. The van der Waals surface area contributed by atoms with E-state index in [1.165, 1.54) is 11.8 Å². The lowest BCUT2D eigenvalue weighted by Gasteiger charge is -2.26. The molecule has 2 saturated heterocycles. The first-order chi connectivity index (χ1) is 16.4. The van der Waals surface area contributed by atoms with E-state index in [9.17, 15) is 9.59 Å². The van der Waals surface area contributed by atoms with Crippen LogP contribution < -0.4 is 4.74 Å². The Morgan fingerprint density at radius 3 is 2.65 bits per heavy atom. The predicted octanol–water partition coefficient (Wildman–Crippen LogP) is 4.96. The molecular formula is C24H23BrClN3O4S. The Balaban J connectivity index is 1.42. The number of hydrogen-bond donors (Lipinski definition) is 0. The van der Waals surface area contributed by atoms with Gasteiger partial charge in [-0.25, -0.2) is 4.99 Å². The van der Waals surface area contributed by atoms with Gasteiger partial charge in [0, 0.05) is 24.1 Å². The highest BCUT2D eigenvalue weighted by Gasteiger charge is 2.32. The van der Waals surface area contributed by atoms with Gasteiger partial charge in [0.05, 0.1) is 28.8 Å². The first-order valence-electron chi connectivity index (χ1n) is 10.8. The van der Waals surface area contributed by atoms with Gasteiger partial charge in [0.1, 0.15) is 5.75 Å². The number of morpholine rings is 1. The van der Waals surface area contributed by atoms with Crippen LogP contribution >= 0.6 is 39.3 Å². The van der Waals surface area contributed by atoms with Crippen LogP contribution in [0.2, 0.25) is 5.02 Å². The Hall–Kier alpha value is -2.33. The Labute approximate surface area is 215 Å². The van der Waals surface area contributed by atoms with Crippen molar-refractivity contribution >= 4 is 68.0 Å². The van der Waals surface area contributed by atoms with Gasteiger partial charge in [-0.15, -0.1) is 0 Å². The summed E-state index contributed by atoms with van der Waals surface area (Å²) in [5, 5.41) is 1.17. The van der Waals surface area contributed by atoms with E-state index in [4.69, 9.17) is 21.1 Å². The van der Waals surface area contributed by atoms with Gasteiger partial charge in [0.25, 0.3) is 11.8 Å². The van der Waals surface area contributed by atoms with E-state index in [0.29, 0.717) is 59.4 Å². The second kappa shape index (κ2) is 11.4. The Kier molecular flexibility index (Phi) is 8.31. The molecule has 0 bridgehead atoms. The van der Waals surface area contributed by atoms with Gasteiger partial charge in [-0.1, -0.05) is 23.7 Å². The number of halogens is 2. The molecule has 0 spiro atoms. The number of ether oxygens (including phenoxy) is 2. The van der Waals surface area contributed by atoms with Crippen molar-refractivity contribution in [1.82, 2.24) is 9.80 Å². The standard InChI is InChI=1S/C24H23BrClN3O4S/c1-2-29-23(31)21(34-24(29)27-17-5-8-19(25)20(26)14-17)13-16-3-6-18(7-4-16)33-15-22(30)28-9-11-32-12-10-28/h3-8,13-14H,2,9-12,15H2,1H3/b21-13-,27-24?. The van der Waals surface area contributed by atoms with Crippen molar-refractivity contribution in [3.05, 3.63) is 62.4 Å². The first kappa shape index (κ1) is 24.8. The van der Waals surface area contributed by atoms with Crippen LogP contribution in [0.5, 0.6) is 5.75 Å². The summed E-state index contributed by atoms with van der Waals surface area (Å²) in [6, 6.07) is 12.7. The number of carbonyl (C=O) groups is 2. The van der Waals surface area contributed by atoms with Gasteiger partial charge in [-0.05, 0) is 76.6 Å². The van der Waals surface area contributed by atoms with Crippen molar-refractivity contribution in [2.45, 2.75) is 6.92 Å². The fourth-order valence-electron chi connectivity index (χ4n) is 3.40. The van der Waals surface area contributed by atoms with Crippen LogP contribution in [0.3, 0.4) is 0 Å². The molecule has 0 atom stereocenters. The number of amidine groups is 1. The first-order valence-corrected chi connectivity index (χ1v) is 12.8. The zero-order valence-electron chi connectivity index (χ0n) is 18.5. The monoisotopic (exact) mass is 563 g/mol. The fourth-order valence-corrected chi connectivity index (χ4v) is 4.88. The molecule has 0 radical (unpaired) electrons. The van der Waals surface area contributed by atoms with Crippen LogP contribution in [0.1, 0.15) is 12.5 Å². The van der Waals surface area contributed by atoms with Gasteiger partial charge < -0.3 is 14.4 Å². The number of amides is 2. The second-order valence-corrected chi connectivity index (χ2v) is 9.77. The average molecular weight is 565 g/mol. The van der Waals surface area contributed by atoms with E-state index in [1.54, 1.807) is 28.0 Å². The van der Waals surface area contributed by atoms with Crippen molar-refractivity contribution in [2.24, 2.45) is 4.99 Å². The third-order valence-corrected chi connectivity index (χ3v) is 7.48. The molecule has 2 aliphatic heterocycles. The van der Waals surface area contributed by atoms with Gasteiger partial charge in [-0.2, -0.15) is 0 Å². The number of hydrogen-bond acceptors (Lipinski definition) is 6. The summed E-state index contributed by atoms with van der Waals surface area (Å²) >= 11 is 10.9. The smallest absolute Gasteiger partial charge is 0.266 e. The maximum atomic E-state index is 12.9. The van der Waals surface area contributed by atoms with Crippen molar-refractivity contribution in [3.8, 4) is 5.75 Å². The van der Waals surface area contributed by atoms with E-state index in [-0.39, 0.29) is 18.4 Å². The molecule has 0 saturated carbocycles. The molecule has 2 fully saturated rings. The highest BCUT2D eigenvalue weighted by molar-refractivity contribution is 9.10. The summed E-state index contributed by atoms with van der Waals surface area (Å²) in [5.41, 5.74) is 1.53. The number of likely N-dealkylation sites (N-methyl/N-ethyl adjacent to an activating group) is 1. The molecule has 7 nitrogen and oxygen atoms in total. The third-order valence-electron chi connectivity index (χ3n) is 5.24. The SMILES string of the molecule is CCN1C(=O)/C(=C/c2ccc(OCC(=O)N3CCOCC3)cc2)SC1=Nc1ccc(Br)c(Cl)c1. The lowest BCUT2D eigenvalue weighted by molar-refractivity contribution is -0.137.